The number of hydrogen-bond acceptors (Lipinski definition) is 3. The molecule has 32 heavy (non-hydrogen) atoms. The van der Waals surface area contributed by atoms with Crippen molar-refractivity contribution < 1.29 is 14.7 Å². The normalized spacial score (nSPS) is 46.5. The van der Waals surface area contributed by atoms with E-state index in [1.807, 2.05) is 0 Å². The molecule has 10 atom stereocenters. The van der Waals surface area contributed by atoms with Gasteiger partial charge in [0.2, 0.25) is 5.91 Å². The smallest absolute Gasteiger partial charge is 0.282 e. The van der Waals surface area contributed by atoms with Gasteiger partial charge in [-0.25, -0.2) is 0 Å². The molecule has 4 unspecified atom stereocenters. The number of rotatable bonds is 5. The molecule has 0 spiro atoms. The first-order valence-corrected chi connectivity index (χ1v) is 13.8. The third-order valence-corrected chi connectivity index (χ3v) is 11.3. The monoisotopic (exact) mass is 463 g/mol. The summed E-state index contributed by atoms with van der Waals surface area (Å²) in [4.78, 5) is 23.0. The largest absolute Gasteiger partial charge is 0.393 e. The fourth-order valence-electron chi connectivity index (χ4n) is 9.76. The van der Waals surface area contributed by atoms with Gasteiger partial charge in [0.05, 0.1) is 6.10 Å². The molecular formula is C27H45NO3S. The minimum atomic E-state index is -0.569. The highest BCUT2D eigenvalue weighted by Crippen LogP contribution is 2.69. The average Bonchev–Trinajstić information content (AvgIpc) is 3.09. The second-order valence-electron chi connectivity index (χ2n) is 12.3. The Morgan fingerprint density at radius 2 is 1.75 bits per heavy atom. The van der Waals surface area contributed by atoms with Crippen LogP contribution < -0.4 is 5.32 Å². The zero-order valence-electron chi connectivity index (χ0n) is 20.6. The number of amides is 2. The Labute approximate surface area is 200 Å². The van der Waals surface area contributed by atoms with Crippen LogP contribution in [-0.4, -0.2) is 22.4 Å². The Balaban J connectivity index is 1.53. The van der Waals surface area contributed by atoms with Gasteiger partial charge in [0.15, 0.2) is 0 Å². The number of hydrogen-bond donors (Lipinski definition) is 3. The lowest BCUT2D eigenvalue weighted by Crippen LogP contribution is -2.61. The van der Waals surface area contributed by atoms with Crippen molar-refractivity contribution in [1.29, 1.82) is 0 Å². The van der Waals surface area contributed by atoms with Crippen LogP contribution in [0.4, 0.5) is 4.79 Å². The van der Waals surface area contributed by atoms with Crippen molar-refractivity contribution in [2.45, 2.75) is 104 Å². The molecule has 182 valence electrons. The lowest BCUT2D eigenvalue weighted by molar-refractivity contribution is -0.194. The van der Waals surface area contributed by atoms with Crippen LogP contribution in [0, 0.1) is 52.3 Å². The Hall–Kier alpha value is -0.550. The molecule has 4 rings (SSSR count). The van der Waals surface area contributed by atoms with E-state index < -0.39 is 5.24 Å². The van der Waals surface area contributed by atoms with Crippen molar-refractivity contribution in [2.24, 2.45) is 52.3 Å². The summed E-state index contributed by atoms with van der Waals surface area (Å²) in [6, 6.07) is 0. The first-order chi connectivity index (χ1) is 15.1. The standard InChI is InChI=1S/C27H45NO3S/c1-5-17-19-8-6-7-14-26(19,3)21-13-15-27(4)18(10-11-20(27)23(21)24(17)30)16(2)9-12-22(29)28-25(31)32/h16-21,23-24,30H,5-15H2,1-4H3,(H2,28,29,31,32)/t16-,17-,18?,19+,20?,21?,23?,24-,26+,27-/m1/s1. The van der Waals surface area contributed by atoms with E-state index in [0.29, 0.717) is 53.3 Å². The molecule has 0 aromatic carbocycles. The van der Waals surface area contributed by atoms with Crippen LogP contribution in [0.15, 0.2) is 0 Å². The van der Waals surface area contributed by atoms with Gasteiger partial charge in [-0.1, -0.05) is 59.6 Å². The van der Waals surface area contributed by atoms with Gasteiger partial charge in [-0.05, 0) is 97.2 Å². The van der Waals surface area contributed by atoms with E-state index in [2.05, 4.69) is 45.6 Å². The fraction of sp³-hybridized carbons (Fsp3) is 0.926. The van der Waals surface area contributed by atoms with Gasteiger partial charge in [0, 0.05) is 6.42 Å². The summed E-state index contributed by atoms with van der Waals surface area (Å²) < 4.78 is 0. The third kappa shape index (κ3) is 3.97. The van der Waals surface area contributed by atoms with E-state index in [-0.39, 0.29) is 17.4 Å². The van der Waals surface area contributed by atoms with Gasteiger partial charge in [-0.15, -0.1) is 0 Å². The zero-order valence-corrected chi connectivity index (χ0v) is 21.5. The fourth-order valence-corrected chi connectivity index (χ4v) is 9.88. The number of nitrogens with one attached hydrogen (secondary N) is 1. The van der Waals surface area contributed by atoms with Gasteiger partial charge in [-0.3, -0.25) is 14.9 Å². The van der Waals surface area contributed by atoms with Gasteiger partial charge < -0.3 is 5.11 Å². The van der Waals surface area contributed by atoms with Gasteiger partial charge in [0.25, 0.3) is 5.24 Å². The first-order valence-electron chi connectivity index (χ1n) is 13.3. The molecule has 0 saturated heterocycles. The molecule has 2 N–H and O–H groups in total. The molecule has 4 aliphatic rings. The number of aliphatic hydroxyl groups excluding tert-OH is 1. The first kappa shape index (κ1) is 24.6. The minimum absolute atomic E-state index is 0.146. The molecule has 0 aromatic heterocycles. The lowest BCUT2D eigenvalue weighted by Gasteiger charge is -2.64. The van der Waals surface area contributed by atoms with Crippen LogP contribution in [0.1, 0.15) is 98.3 Å². The van der Waals surface area contributed by atoms with Crippen LogP contribution in [0.3, 0.4) is 0 Å². The highest BCUT2D eigenvalue weighted by atomic mass is 32.1. The van der Waals surface area contributed by atoms with E-state index in [1.165, 1.54) is 51.4 Å². The Bertz CT molecular complexity index is 728. The third-order valence-electron chi connectivity index (χ3n) is 11.2. The molecule has 2 amide bonds. The summed E-state index contributed by atoms with van der Waals surface area (Å²) in [6.45, 7) is 9.68. The second kappa shape index (κ2) is 9.24. The van der Waals surface area contributed by atoms with Crippen LogP contribution in [-0.2, 0) is 4.79 Å². The number of thiol groups is 1. The summed E-state index contributed by atoms with van der Waals surface area (Å²) >= 11 is 3.66. The molecule has 0 radical (unpaired) electrons. The average molecular weight is 464 g/mol. The molecule has 0 aliphatic heterocycles. The molecule has 4 saturated carbocycles. The van der Waals surface area contributed by atoms with Gasteiger partial charge in [-0.2, -0.15) is 0 Å². The highest BCUT2D eigenvalue weighted by Gasteiger charge is 2.64. The molecule has 5 heteroatoms. The predicted molar refractivity (Wildman–Crippen MR) is 131 cm³/mol. The summed E-state index contributed by atoms with van der Waals surface area (Å²) in [5.41, 5.74) is 0.666. The number of carbonyl (C=O) groups excluding carboxylic acids is 2. The number of carbonyl (C=O) groups is 2. The molecule has 4 nitrogen and oxygen atoms in total. The molecular weight excluding hydrogens is 418 g/mol. The van der Waals surface area contributed by atoms with Crippen molar-refractivity contribution in [3.8, 4) is 0 Å². The Kier molecular flexibility index (Phi) is 7.10. The van der Waals surface area contributed by atoms with Crippen LogP contribution in [0.5, 0.6) is 0 Å². The molecule has 4 fully saturated rings. The zero-order chi connectivity index (χ0) is 23.3. The lowest BCUT2D eigenvalue weighted by atomic mass is 9.41. The summed E-state index contributed by atoms with van der Waals surface area (Å²) in [7, 11) is 0. The summed E-state index contributed by atoms with van der Waals surface area (Å²) in [5.74, 6) is 3.70. The van der Waals surface area contributed by atoms with E-state index >= 15 is 0 Å². The number of imide groups is 1. The van der Waals surface area contributed by atoms with Crippen molar-refractivity contribution in [3.05, 3.63) is 0 Å². The van der Waals surface area contributed by atoms with Crippen molar-refractivity contribution in [1.82, 2.24) is 5.32 Å². The maximum absolute atomic E-state index is 12.0. The van der Waals surface area contributed by atoms with Crippen LogP contribution in [0.2, 0.25) is 0 Å². The summed E-state index contributed by atoms with van der Waals surface area (Å²) in [6.07, 6.45) is 12.5. The Morgan fingerprint density at radius 3 is 2.44 bits per heavy atom. The highest BCUT2D eigenvalue weighted by molar-refractivity contribution is 7.96. The second-order valence-corrected chi connectivity index (χ2v) is 12.7. The molecule has 0 bridgehead atoms. The van der Waals surface area contributed by atoms with Crippen molar-refractivity contribution in [2.75, 3.05) is 0 Å². The number of fused-ring (bicyclic) bond motifs is 5. The molecule has 4 aliphatic carbocycles. The maximum atomic E-state index is 12.0. The topological polar surface area (TPSA) is 66.4 Å². The van der Waals surface area contributed by atoms with Crippen LogP contribution >= 0.6 is 12.6 Å². The summed E-state index contributed by atoms with van der Waals surface area (Å²) in [5, 5.41) is 13.5. The van der Waals surface area contributed by atoms with Crippen molar-refractivity contribution >= 4 is 23.8 Å². The number of aliphatic hydroxyl groups is 1. The van der Waals surface area contributed by atoms with Crippen molar-refractivity contribution in [3.63, 3.8) is 0 Å². The predicted octanol–water partition coefficient (Wildman–Crippen LogP) is 6.22. The van der Waals surface area contributed by atoms with Gasteiger partial charge >= 0.3 is 0 Å². The van der Waals surface area contributed by atoms with Crippen LogP contribution in [0.25, 0.3) is 0 Å². The van der Waals surface area contributed by atoms with E-state index in [4.69, 9.17) is 0 Å². The van der Waals surface area contributed by atoms with E-state index in [1.54, 1.807) is 0 Å². The van der Waals surface area contributed by atoms with Gasteiger partial charge in [0.1, 0.15) is 0 Å². The van der Waals surface area contributed by atoms with E-state index in [0.717, 1.165) is 12.8 Å². The van der Waals surface area contributed by atoms with E-state index in [9.17, 15) is 14.7 Å². The maximum Gasteiger partial charge on any atom is 0.282 e. The molecule has 0 heterocycles. The Morgan fingerprint density at radius 1 is 1.03 bits per heavy atom. The minimum Gasteiger partial charge on any atom is -0.393 e. The quantitative estimate of drug-likeness (QED) is 0.424. The molecule has 0 aromatic rings. The SMILES string of the molecule is CC[C@H]1[C@@H](O)C2C3CCC([C@H](C)CCC(=O)NC(=O)S)[C@@]3(C)CCC2[C@@]2(C)CCCC[C@@H]12.